The SMILES string of the molecule is COc1cc2c(cc1OC)CN(C1=Nc3cc(OC)c(OC)cc3SN1)CC2. The number of aliphatic imine (C=N–C) groups is 1. The number of nitrogens with one attached hydrogen (secondary N) is 1. The van der Waals surface area contributed by atoms with Gasteiger partial charge in [0, 0.05) is 25.2 Å². The minimum absolute atomic E-state index is 0.674. The topological polar surface area (TPSA) is 64.6 Å². The van der Waals surface area contributed by atoms with Crippen LogP contribution >= 0.6 is 11.9 Å². The molecule has 8 heteroatoms. The number of nitrogens with zero attached hydrogens (tertiary/aromatic N) is 2. The predicted molar refractivity (Wildman–Crippen MR) is 109 cm³/mol. The summed E-state index contributed by atoms with van der Waals surface area (Å²) in [6, 6.07) is 7.98. The zero-order valence-electron chi connectivity index (χ0n) is 16.4. The highest BCUT2D eigenvalue weighted by Gasteiger charge is 2.25. The Hall–Kier alpha value is -2.74. The number of fused-ring (bicyclic) bond motifs is 2. The summed E-state index contributed by atoms with van der Waals surface area (Å²) in [5.41, 5.74) is 3.37. The molecule has 0 atom stereocenters. The molecule has 0 fully saturated rings. The Morgan fingerprint density at radius 2 is 1.46 bits per heavy atom. The quantitative estimate of drug-likeness (QED) is 0.788. The van der Waals surface area contributed by atoms with Gasteiger partial charge in [0.2, 0.25) is 5.96 Å². The van der Waals surface area contributed by atoms with Crippen LogP contribution in [0.4, 0.5) is 5.69 Å². The fraction of sp³-hybridized carbons (Fsp3) is 0.350. The fourth-order valence-electron chi connectivity index (χ4n) is 3.46. The van der Waals surface area contributed by atoms with Crippen molar-refractivity contribution >= 4 is 23.6 Å². The second kappa shape index (κ2) is 7.71. The van der Waals surface area contributed by atoms with Crippen LogP contribution in [0.3, 0.4) is 0 Å². The van der Waals surface area contributed by atoms with E-state index in [4.69, 9.17) is 23.9 Å². The lowest BCUT2D eigenvalue weighted by molar-refractivity contribution is 0.347. The second-order valence-corrected chi connectivity index (χ2v) is 7.31. The van der Waals surface area contributed by atoms with Crippen molar-refractivity contribution < 1.29 is 18.9 Å². The summed E-state index contributed by atoms with van der Waals surface area (Å²) in [7, 11) is 6.59. The number of guanidine groups is 1. The molecule has 0 saturated carbocycles. The smallest absolute Gasteiger partial charge is 0.209 e. The average Bonchev–Trinajstić information content (AvgIpc) is 2.76. The van der Waals surface area contributed by atoms with E-state index in [-0.39, 0.29) is 0 Å². The normalized spacial score (nSPS) is 15.0. The maximum absolute atomic E-state index is 5.46. The number of methoxy groups -OCH3 is 4. The Labute approximate surface area is 168 Å². The summed E-state index contributed by atoms with van der Waals surface area (Å²) >= 11 is 1.53. The molecule has 0 bridgehead atoms. The van der Waals surface area contributed by atoms with Crippen molar-refractivity contribution in [3.05, 3.63) is 35.4 Å². The summed E-state index contributed by atoms with van der Waals surface area (Å²) in [5, 5.41) is 0. The van der Waals surface area contributed by atoms with Crippen LogP contribution in [0.5, 0.6) is 23.0 Å². The summed E-state index contributed by atoms with van der Waals surface area (Å²) < 4.78 is 25.0. The van der Waals surface area contributed by atoms with Crippen molar-refractivity contribution in [1.29, 1.82) is 0 Å². The Bertz CT molecular complexity index is 932. The van der Waals surface area contributed by atoms with Crippen LogP contribution in [0.2, 0.25) is 0 Å². The first kappa shape index (κ1) is 18.6. The summed E-state index contributed by atoms with van der Waals surface area (Å²) in [4.78, 5) is 8.06. The fourth-order valence-corrected chi connectivity index (χ4v) is 4.21. The van der Waals surface area contributed by atoms with Gasteiger partial charge in [-0.15, -0.1) is 0 Å². The highest BCUT2D eigenvalue weighted by Crippen LogP contribution is 2.41. The van der Waals surface area contributed by atoms with Gasteiger partial charge in [-0.05, 0) is 41.6 Å². The van der Waals surface area contributed by atoms with Gasteiger partial charge in [-0.3, -0.25) is 4.72 Å². The number of benzene rings is 2. The molecule has 2 aromatic rings. The van der Waals surface area contributed by atoms with E-state index in [2.05, 4.69) is 21.8 Å². The third-order valence-corrected chi connectivity index (χ3v) is 5.79. The van der Waals surface area contributed by atoms with E-state index in [1.807, 2.05) is 12.1 Å². The molecule has 0 amide bonds. The van der Waals surface area contributed by atoms with Crippen molar-refractivity contribution in [3.63, 3.8) is 0 Å². The summed E-state index contributed by atoms with van der Waals surface area (Å²) in [6.45, 7) is 1.63. The number of ether oxygens (including phenoxy) is 4. The molecule has 2 aliphatic rings. The largest absolute Gasteiger partial charge is 0.493 e. The Kier molecular flexibility index (Phi) is 5.13. The summed E-state index contributed by atoms with van der Waals surface area (Å²) in [5.74, 6) is 3.73. The molecular formula is C20H23N3O4S. The van der Waals surface area contributed by atoms with Gasteiger partial charge >= 0.3 is 0 Å². The zero-order chi connectivity index (χ0) is 19.7. The average molecular weight is 401 g/mol. The van der Waals surface area contributed by atoms with E-state index in [0.717, 1.165) is 47.6 Å². The molecule has 1 N–H and O–H groups in total. The van der Waals surface area contributed by atoms with E-state index < -0.39 is 0 Å². The monoisotopic (exact) mass is 401 g/mol. The molecule has 0 aromatic heterocycles. The van der Waals surface area contributed by atoms with Crippen molar-refractivity contribution in [2.75, 3.05) is 35.0 Å². The van der Waals surface area contributed by atoms with Gasteiger partial charge in [0.25, 0.3) is 0 Å². The first-order valence-electron chi connectivity index (χ1n) is 8.93. The Morgan fingerprint density at radius 3 is 2.14 bits per heavy atom. The van der Waals surface area contributed by atoms with Crippen LogP contribution in [0, 0.1) is 0 Å². The van der Waals surface area contributed by atoms with Crippen molar-refractivity contribution in [2.45, 2.75) is 17.9 Å². The lowest BCUT2D eigenvalue weighted by Crippen LogP contribution is -2.42. The maximum Gasteiger partial charge on any atom is 0.209 e. The molecule has 0 saturated heterocycles. The van der Waals surface area contributed by atoms with Gasteiger partial charge in [0.1, 0.15) is 0 Å². The molecule has 0 spiro atoms. The molecule has 0 radical (unpaired) electrons. The van der Waals surface area contributed by atoms with Crippen LogP contribution in [0.1, 0.15) is 11.1 Å². The predicted octanol–water partition coefficient (Wildman–Crippen LogP) is 3.38. The minimum Gasteiger partial charge on any atom is -0.493 e. The molecule has 0 aliphatic carbocycles. The first-order valence-corrected chi connectivity index (χ1v) is 9.74. The van der Waals surface area contributed by atoms with Gasteiger partial charge in [0.05, 0.1) is 39.0 Å². The Morgan fingerprint density at radius 1 is 0.857 bits per heavy atom. The van der Waals surface area contributed by atoms with Gasteiger partial charge in [-0.25, -0.2) is 4.99 Å². The van der Waals surface area contributed by atoms with E-state index in [1.165, 1.54) is 23.1 Å². The minimum atomic E-state index is 0.674. The third kappa shape index (κ3) is 3.28. The number of hydrogen-bond donors (Lipinski definition) is 1. The summed E-state index contributed by atoms with van der Waals surface area (Å²) in [6.07, 6.45) is 0.917. The van der Waals surface area contributed by atoms with Crippen LogP contribution in [0.15, 0.2) is 34.2 Å². The standard InChI is InChI=1S/C20H23N3O4S/c1-24-15-7-12-5-6-23(11-13(12)8-16(15)25-2)20-21-14-9-17(26-3)18(27-4)10-19(14)28-22-20/h7-10H,5-6,11H2,1-4H3,(H,21,22). The molecule has 2 aromatic carbocycles. The molecule has 0 unspecified atom stereocenters. The highest BCUT2D eigenvalue weighted by molar-refractivity contribution is 7.98. The van der Waals surface area contributed by atoms with E-state index >= 15 is 0 Å². The molecule has 2 aliphatic heterocycles. The highest BCUT2D eigenvalue weighted by atomic mass is 32.2. The Balaban J connectivity index is 1.62. The second-order valence-electron chi connectivity index (χ2n) is 6.46. The zero-order valence-corrected chi connectivity index (χ0v) is 17.2. The van der Waals surface area contributed by atoms with Crippen LogP contribution < -0.4 is 23.7 Å². The number of rotatable bonds is 4. The lowest BCUT2D eigenvalue weighted by atomic mass is 9.99. The first-order chi connectivity index (χ1) is 13.7. The lowest BCUT2D eigenvalue weighted by Gasteiger charge is -2.33. The third-order valence-electron chi connectivity index (χ3n) is 4.96. The molecule has 2 heterocycles. The molecule has 28 heavy (non-hydrogen) atoms. The van der Waals surface area contributed by atoms with Gasteiger partial charge in [-0.2, -0.15) is 0 Å². The van der Waals surface area contributed by atoms with Crippen LogP contribution in [0.25, 0.3) is 0 Å². The van der Waals surface area contributed by atoms with Crippen molar-refractivity contribution in [2.24, 2.45) is 4.99 Å². The van der Waals surface area contributed by atoms with E-state index in [1.54, 1.807) is 28.4 Å². The van der Waals surface area contributed by atoms with Crippen molar-refractivity contribution in [3.8, 4) is 23.0 Å². The molecule has 4 rings (SSSR count). The maximum atomic E-state index is 5.46. The van der Waals surface area contributed by atoms with Gasteiger partial charge < -0.3 is 23.8 Å². The van der Waals surface area contributed by atoms with E-state index in [9.17, 15) is 0 Å². The van der Waals surface area contributed by atoms with Crippen molar-refractivity contribution in [1.82, 2.24) is 9.62 Å². The van der Waals surface area contributed by atoms with Gasteiger partial charge in [0.15, 0.2) is 23.0 Å². The van der Waals surface area contributed by atoms with Crippen LogP contribution in [-0.4, -0.2) is 45.8 Å². The molecule has 7 nitrogen and oxygen atoms in total. The van der Waals surface area contributed by atoms with Crippen LogP contribution in [-0.2, 0) is 13.0 Å². The van der Waals surface area contributed by atoms with Gasteiger partial charge in [-0.1, -0.05) is 0 Å². The molecule has 148 valence electrons. The number of hydrogen-bond acceptors (Lipinski definition) is 8. The molecular weight excluding hydrogens is 378 g/mol. The van der Waals surface area contributed by atoms with E-state index in [0.29, 0.717) is 11.5 Å².